The number of carboxylic acids is 1. The van der Waals surface area contributed by atoms with E-state index in [0.717, 1.165) is 6.20 Å². The summed E-state index contributed by atoms with van der Waals surface area (Å²) in [6.07, 6.45) is 11.5. The average molecular weight is 400 g/mol. The van der Waals surface area contributed by atoms with Gasteiger partial charge in [-0.05, 0) is 39.0 Å². The van der Waals surface area contributed by atoms with Gasteiger partial charge in [-0.2, -0.15) is 5.26 Å². The first-order valence-electron chi connectivity index (χ1n) is 9.75. The molecule has 2 unspecified atom stereocenters. The maximum Gasteiger partial charge on any atom is 0.319 e. The fourth-order valence-electron chi connectivity index (χ4n) is 4.34. The van der Waals surface area contributed by atoms with Gasteiger partial charge in [-0.1, -0.05) is 0 Å². The van der Waals surface area contributed by atoms with Crippen molar-refractivity contribution in [2.45, 2.75) is 56.7 Å². The van der Waals surface area contributed by atoms with E-state index in [0.29, 0.717) is 44.4 Å². The molecular formula is C21H25FN4O3. The average Bonchev–Trinajstić information content (AvgIpc) is 3.10. The summed E-state index contributed by atoms with van der Waals surface area (Å²) >= 11 is 0. The number of pyridine rings is 1. The number of nitrogens with zero attached hydrogens (tertiary/aromatic N) is 4. The van der Waals surface area contributed by atoms with Crippen molar-refractivity contribution in [1.82, 2.24) is 15.0 Å². The maximum absolute atomic E-state index is 13.3. The van der Waals surface area contributed by atoms with Gasteiger partial charge in [0.1, 0.15) is 24.2 Å². The first-order chi connectivity index (χ1) is 13.9. The summed E-state index contributed by atoms with van der Waals surface area (Å²) < 4.78 is 19.2. The number of hydrazine groups is 1. The van der Waals surface area contributed by atoms with Gasteiger partial charge >= 0.3 is 5.97 Å². The van der Waals surface area contributed by atoms with Crippen LogP contribution in [0.15, 0.2) is 18.5 Å². The zero-order valence-electron chi connectivity index (χ0n) is 16.4. The summed E-state index contributed by atoms with van der Waals surface area (Å²) in [6, 6.07) is 3.03. The van der Waals surface area contributed by atoms with Crippen LogP contribution in [0.5, 0.6) is 5.75 Å². The molecule has 1 aromatic rings. The lowest BCUT2D eigenvalue weighted by molar-refractivity contribution is -0.160. The Labute approximate surface area is 170 Å². The highest BCUT2D eigenvalue weighted by Gasteiger charge is 2.46. The monoisotopic (exact) mass is 400 g/mol. The molecule has 0 amide bonds. The number of ether oxygens (including phenoxy) is 1. The number of halogens is 1. The Balaban J connectivity index is 1.71. The molecule has 0 bridgehead atoms. The number of hydrogen-bond donors (Lipinski definition) is 1. The van der Waals surface area contributed by atoms with E-state index in [4.69, 9.17) is 11.2 Å². The molecule has 2 atom stereocenters. The van der Waals surface area contributed by atoms with Crippen LogP contribution >= 0.6 is 0 Å². The first kappa shape index (κ1) is 21.0. The minimum atomic E-state index is -0.948. The second kappa shape index (κ2) is 8.77. The van der Waals surface area contributed by atoms with Crippen molar-refractivity contribution in [3.63, 3.8) is 0 Å². The number of aliphatic carboxylic acids is 1. The van der Waals surface area contributed by atoms with Crippen LogP contribution in [0.4, 0.5) is 4.39 Å². The van der Waals surface area contributed by atoms with Crippen LogP contribution in [-0.4, -0.2) is 56.9 Å². The third-order valence-electron chi connectivity index (χ3n) is 5.93. The fourth-order valence-corrected chi connectivity index (χ4v) is 4.34. The molecule has 8 heteroatoms. The van der Waals surface area contributed by atoms with E-state index in [9.17, 15) is 19.6 Å². The number of carbonyl (C=O) groups is 1. The summed E-state index contributed by atoms with van der Waals surface area (Å²) in [7, 11) is 0. The topological polar surface area (TPSA) is 89.7 Å². The van der Waals surface area contributed by atoms with Gasteiger partial charge in [0.05, 0.1) is 30.5 Å². The summed E-state index contributed by atoms with van der Waals surface area (Å²) in [5.41, 5.74) is -0.434. The molecule has 1 aliphatic heterocycles. The highest BCUT2D eigenvalue weighted by atomic mass is 19.1. The summed E-state index contributed by atoms with van der Waals surface area (Å²) in [5.74, 6) is 1.45. The largest absolute Gasteiger partial charge is 0.489 e. The van der Waals surface area contributed by atoms with Crippen LogP contribution < -0.4 is 4.74 Å². The minimum absolute atomic E-state index is 0.0952. The van der Waals surface area contributed by atoms with Crippen LogP contribution in [-0.2, 0) is 4.79 Å². The minimum Gasteiger partial charge on any atom is -0.489 e. The third kappa shape index (κ3) is 4.67. The van der Waals surface area contributed by atoms with Gasteiger partial charge in [0, 0.05) is 18.2 Å². The normalized spacial score (nSPS) is 29.9. The Kier molecular flexibility index (Phi) is 6.36. The van der Waals surface area contributed by atoms with Gasteiger partial charge in [0.15, 0.2) is 0 Å². The molecule has 1 aromatic heterocycles. The van der Waals surface area contributed by atoms with Crippen molar-refractivity contribution in [3.05, 3.63) is 24.3 Å². The molecular weight excluding hydrogens is 375 g/mol. The molecule has 154 valence electrons. The molecule has 1 N–H and O–H groups in total. The van der Waals surface area contributed by atoms with Crippen molar-refractivity contribution >= 4 is 5.97 Å². The van der Waals surface area contributed by atoms with Crippen molar-refractivity contribution in [2.75, 3.05) is 13.1 Å². The van der Waals surface area contributed by atoms with Crippen LogP contribution in [0.2, 0.25) is 0 Å². The highest BCUT2D eigenvalue weighted by molar-refractivity contribution is 5.69. The SMILES string of the molecule is C#CC1CCN(N(CC(=O)O)C2(C)CCC(Oc3cncc(F)c3)CC2)C1C#N. The molecule has 2 heterocycles. The van der Waals surface area contributed by atoms with Gasteiger partial charge in [-0.3, -0.25) is 9.78 Å². The summed E-state index contributed by atoms with van der Waals surface area (Å²) in [6.45, 7) is 2.39. The van der Waals surface area contributed by atoms with E-state index in [1.54, 1.807) is 0 Å². The Hall–Kier alpha value is -2.68. The van der Waals surface area contributed by atoms with E-state index >= 15 is 0 Å². The standard InChI is InChI=1S/C21H25FN4O3/c1-3-15-6-9-25(19(15)11-23)26(14-20(27)28)21(2)7-4-17(5-8-21)29-18-10-16(22)12-24-13-18/h1,10,12-13,15,17,19H,4-9,14H2,2H3,(H,27,28). The molecule has 1 saturated carbocycles. The van der Waals surface area contributed by atoms with Gasteiger partial charge in [-0.25, -0.2) is 14.4 Å². The molecule has 2 fully saturated rings. The number of terminal acetylenes is 1. The summed E-state index contributed by atoms with van der Waals surface area (Å²) in [5, 5.41) is 22.8. The molecule has 1 aliphatic carbocycles. The highest BCUT2D eigenvalue weighted by Crippen LogP contribution is 2.38. The number of aromatic nitrogens is 1. The number of rotatable bonds is 6. The van der Waals surface area contributed by atoms with Crippen molar-refractivity contribution in [3.8, 4) is 24.2 Å². The van der Waals surface area contributed by atoms with Gasteiger partial charge < -0.3 is 9.84 Å². The second-order valence-electron chi connectivity index (χ2n) is 7.90. The first-order valence-corrected chi connectivity index (χ1v) is 9.75. The van der Waals surface area contributed by atoms with Gasteiger partial charge in [0.25, 0.3) is 0 Å². The molecule has 29 heavy (non-hydrogen) atoms. The lowest BCUT2D eigenvalue weighted by atomic mass is 9.81. The molecule has 0 aromatic carbocycles. The van der Waals surface area contributed by atoms with Crippen LogP contribution in [0.1, 0.15) is 39.0 Å². The van der Waals surface area contributed by atoms with Crippen molar-refractivity contribution in [2.24, 2.45) is 5.92 Å². The van der Waals surface area contributed by atoms with Crippen LogP contribution in [0.25, 0.3) is 0 Å². The lowest BCUT2D eigenvalue weighted by Gasteiger charge is -2.49. The van der Waals surface area contributed by atoms with E-state index in [1.807, 2.05) is 16.9 Å². The maximum atomic E-state index is 13.3. The fraction of sp³-hybridized carbons (Fsp3) is 0.571. The zero-order chi connectivity index (χ0) is 21.0. The van der Waals surface area contributed by atoms with E-state index in [2.05, 4.69) is 17.0 Å². The molecule has 7 nitrogen and oxygen atoms in total. The van der Waals surface area contributed by atoms with Crippen molar-refractivity contribution in [1.29, 1.82) is 5.26 Å². The Morgan fingerprint density at radius 1 is 1.48 bits per heavy atom. The molecule has 0 spiro atoms. The third-order valence-corrected chi connectivity index (χ3v) is 5.93. The second-order valence-corrected chi connectivity index (χ2v) is 7.90. The lowest BCUT2D eigenvalue weighted by Crippen LogP contribution is -2.60. The van der Waals surface area contributed by atoms with Crippen molar-refractivity contribution < 1.29 is 19.0 Å². The Morgan fingerprint density at radius 2 is 2.21 bits per heavy atom. The van der Waals surface area contributed by atoms with E-state index in [1.165, 1.54) is 12.3 Å². The van der Waals surface area contributed by atoms with Crippen LogP contribution in [0, 0.1) is 35.4 Å². The number of carboxylic acid groups (broad SMARTS) is 1. The van der Waals surface area contributed by atoms with Gasteiger partial charge in [-0.15, -0.1) is 12.3 Å². The Morgan fingerprint density at radius 3 is 2.79 bits per heavy atom. The molecule has 1 saturated heterocycles. The summed E-state index contributed by atoms with van der Waals surface area (Å²) in [4.78, 5) is 15.4. The number of nitriles is 1. The Bertz CT molecular complexity index is 826. The zero-order valence-corrected chi connectivity index (χ0v) is 16.4. The van der Waals surface area contributed by atoms with Crippen LogP contribution in [0.3, 0.4) is 0 Å². The molecule has 3 rings (SSSR count). The van der Waals surface area contributed by atoms with Gasteiger partial charge in [0.2, 0.25) is 0 Å². The number of hydrogen-bond acceptors (Lipinski definition) is 6. The predicted octanol–water partition coefficient (Wildman–Crippen LogP) is 2.45. The predicted molar refractivity (Wildman–Crippen MR) is 103 cm³/mol. The molecule has 2 aliphatic rings. The quantitative estimate of drug-likeness (QED) is 0.734. The van der Waals surface area contributed by atoms with E-state index < -0.39 is 23.4 Å². The molecule has 0 radical (unpaired) electrons. The smallest absolute Gasteiger partial charge is 0.319 e. The van der Waals surface area contributed by atoms with E-state index in [-0.39, 0.29) is 18.6 Å².